The zero-order valence-electron chi connectivity index (χ0n) is 15.6. The third kappa shape index (κ3) is 3.98. The van der Waals surface area contributed by atoms with E-state index in [1.807, 2.05) is 24.3 Å². The molecule has 0 bridgehead atoms. The van der Waals surface area contributed by atoms with Crippen LogP contribution < -0.4 is 4.74 Å². The molecule has 1 aliphatic heterocycles. The highest BCUT2D eigenvalue weighted by Gasteiger charge is 2.26. The molecule has 7 heteroatoms. The lowest BCUT2D eigenvalue weighted by atomic mass is 10.1. The van der Waals surface area contributed by atoms with Gasteiger partial charge in [-0.2, -0.15) is 0 Å². The molecule has 6 nitrogen and oxygen atoms in total. The molecule has 0 saturated carbocycles. The van der Waals surface area contributed by atoms with Crippen molar-refractivity contribution in [2.75, 3.05) is 20.3 Å². The quantitative estimate of drug-likeness (QED) is 0.577. The summed E-state index contributed by atoms with van der Waals surface area (Å²) < 4.78 is 16.3. The highest BCUT2D eigenvalue weighted by molar-refractivity contribution is 6.30. The van der Waals surface area contributed by atoms with Crippen LogP contribution in [-0.2, 0) is 11.3 Å². The minimum absolute atomic E-state index is 0.0235. The highest BCUT2D eigenvalue weighted by Crippen LogP contribution is 2.26. The molecule has 146 valence electrons. The van der Waals surface area contributed by atoms with E-state index in [1.54, 1.807) is 24.1 Å². The van der Waals surface area contributed by atoms with E-state index in [9.17, 15) is 4.79 Å². The first-order valence-corrected chi connectivity index (χ1v) is 9.59. The maximum Gasteiger partial charge on any atom is 0.289 e. The van der Waals surface area contributed by atoms with Crippen molar-refractivity contribution in [2.24, 2.45) is 0 Å². The van der Waals surface area contributed by atoms with E-state index in [4.69, 9.17) is 25.5 Å². The zero-order chi connectivity index (χ0) is 19.5. The number of methoxy groups -OCH3 is 1. The Balaban J connectivity index is 1.63. The van der Waals surface area contributed by atoms with Gasteiger partial charge in [0.25, 0.3) is 5.91 Å². The maximum absolute atomic E-state index is 13.0. The molecule has 4 rings (SSSR count). The Morgan fingerprint density at radius 2 is 2.25 bits per heavy atom. The van der Waals surface area contributed by atoms with Gasteiger partial charge in [-0.25, -0.2) is 4.98 Å². The van der Waals surface area contributed by atoms with E-state index < -0.39 is 0 Å². The Morgan fingerprint density at radius 3 is 2.96 bits per heavy atom. The molecule has 1 saturated heterocycles. The molecule has 1 aliphatic rings. The summed E-state index contributed by atoms with van der Waals surface area (Å²) in [6.45, 7) is 1.54. The van der Waals surface area contributed by atoms with Crippen LogP contribution >= 0.6 is 11.6 Å². The van der Waals surface area contributed by atoms with Gasteiger partial charge in [-0.15, -0.1) is 0 Å². The molecule has 1 atom stereocenters. The van der Waals surface area contributed by atoms with E-state index in [1.165, 1.54) is 6.26 Å². The van der Waals surface area contributed by atoms with Crippen molar-refractivity contribution in [2.45, 2.75) is 25.5 Å². The number of hydrogen-bond acceptors (Lipinski definition) is 5. The molecule has 1 amide bonds. The smallest absolute Gasteiger partial charge is 0.289 e. The van der Waals surface area contributed by atoms with E-state index in [0.29, 0.717) is 24.0 Å². The number of carbonyl (C=O) groups is 1. The Labute approximate surface area is 168 Å². The molecular formula is C21H21ClN2O4. The lowest BCUT2D eigenvalue weighted by Crippen LogP contribution is -2.36. The number of pyridine rings is 1. The van der Waals surface area contributed by atoms with Gasteiger partial charge in [0, 0.05) is 36.7 Å². The first kappa shape index (κ1) is 18.8. The van der Waals surface area contributed by atoms with Crippen LogP contribution in [0.1, 0.15) is 29.0 Å². The van der Waals surface area contributed by atoms with E-state index >= 15 is 0 Å². The summed E-state index contributed by atoms with van der Waals surface area (Å²) >= 11 is 6.44. The molecule has 0 spiro atoms. The van der Waals surface area contributed by atoms with Gasteiger partial charge in [0.05, 0.1) is 25.0 Å². The Kier molecular flexibility index (Phi) is 5.50. The summed E-state index contributed by atoms with van der Waals surface area (Å²) in [6.07, 6.45) is 3.46. The van der Waals surface area contributed by atoms with Gasteiger partial charge < -0.3 is 18.8 Å². The standard InChI is InChI=1S/C21H21ClN2O4/c1-26-16-7-6-14-10-15(20(22)23-18(14)11-16)12-24(13-17-4-2-8-27-17)21(25)19-5-3-9-28-19/h3,5-7,9-11,17H,2,4,8,12-13H2,1H3/t17-/m1/s1. The predicted octanol–water partition coefficient (Wildman–Crippen LogP) is 4.31. The molecule has 0 aliphatic carbocycles. The van der Waals surface area contributed by atoms with Gasteiger partial charge in [0.2, 0.25) is 0 Å². The van der Waals surface area contributed by atoms with Gasteiger partial charge in [-0.05, 0) is 43.2 Å². The van der Waals surface area contributed by atoms with Crippen LogP contribution in [0.15, 0.2) is 47.1 Å². The molecule has 0 N–H and O–H groups in total. The van der Waals surface area contributed by atoms with Crippen LogP contribution in [-0.4, -0.2) is 42.2 Å². The normalized spacial score (nSPS) is 16.4. The topological polar surface area (TPSA) is 64.8 Å². The van der Waals surface area contributed by atoms with Crippen molar-refractivity contribution < 1.29 is 18.7 Å². The number of ether oxygens (including phenoxy) is 2. The fraction of sp³-hybridized carbons (Fsp3) is 0.333. The number of hydrogen-bond donors (Lipinski definition) is 0. The number of halogens is 1. The summed E-state index contributed by atoms with van der Waals surface area (Å²) in [5.41, 5.74) is 1.52. The summed E-state index contributed by atoms with van der Waals surface area (Å²) in [5.74, 6) is 0.829. The first-order valence-electron chi connectivity index (χ1n) is 9.21. The molecule has 3 aromatic rings. The van der Waals surface area contributed by atoms with E-state index in [-0.39, 0.29) is 12.0 Å². The number of benzene rings is 1. The number of fused-ring (bicyclic) bond motifs is 1. The summed E-state index contributed by atoms with van der Waals surface area (Å²) in [4.78, 5) is 19.2. The van der Waals surface area contributed by atoms with Crippen LogP contribution in [0.25, 0.3) is 10.9 Å². The second kappa shape index (κ2) is 8.20. The fourth-order valence-corrected chi connectivity index (χ4v) is 3.63. The van der Waals surface area contributed by atoms with Gasteiger partial charge in [-0.3, -0.25) is 4.79 Å². The second-order valence-corrected chi connectivity index (χ2v) is 7.15. The minimum Gasteiger partial charge on any atom is -0.497 e. The van der Waals surface area contributed by atoms with Gasteiger partial charge in [0.1, 0.15) is 10.9 Å². The summed E-state index contributed by atoms with van der Waals surface area (Å²) in [6, 6.07) is 11.0. The predicted molar refractivity (Wildman–Crippen MR) is 106 cm³/mol. The number of rotatable bonds is 6. The molecule has 0 radical (unpaired) electrons. The highest BCUT2D eigenvalue weighted by atomic mass is 35.5. The van der Waals surface area contributed by atoms with Crippen LogP contribution in [0.4, 0.5) is 0 Å². The lowest BCUT2D eigenvalue weighted by molar-refractivity contribution is 0.0484. The van der Waals surface area contributed by atoms with Crippen LogP contribution in [0, 0.1) is 0 Å². The first-order chi connectivity index (χ1) is 13.6. The van der Waals surface area contributed by atoms with Crippen LogP contribution in [0.3, 0.4) is 0 Å². The number of nitrogens with zero attached hydrogens (tertiary/aromatic N) is 2. The second-order valence-electron chi connectivity index (χ2n) is 6.79. The number of carbonyl (C=O) groups excluding carboxylic acids is 1. The molecule has 1 fully saturated rings. The summed E-state index contributed by atoms with van der Waals surface area (Å²) in [7, 11) is 1.61. The van der Waals surface area contributed by atoms with Crippen LogP contribution in [0.2, 0.25) is 5.15 Å². The van der Waals surface area contributed by atoms with Crippen molar-refractivity contribution in [3.63, 3.8) is 0 Å². The molecular weight excluding hydrogens is 380 g/mol. The fourth-order valence-electron chi connectivity index (χ4n) is 3.42. The average molecular weight is 401 g/mol. The lowest BCUT2D eigenvalue weighted by Gasteiger charge is -2.25. The Morgan fingerprint density at radius 1 is 1.36 bits per heavy atom. The van der Waals surface area contributed by atoms with Crippen molar-refractivity contribution in [1.82, 2.24) is 9.88 Å². The van der Waals surface area contributed by atoms with Gasteiger partial charge in [0.15, 0.2) is 5.76 Å². The maximum atomic E-state index is 13.0. The van der Waals surface area contributed by atoms with Crippen molar-refractivity contribution in [3.8, 4) is 5.75 Å². The molecule has 1 aromatic carbocycles. The SMILES string of the molecule is COc1ccc2cc(CN(C[C@H]3CCCO3)C(=O)c3ccco3)c(Cl)nc2c1. The van der Waals surface area contributed by atoms with Crippen molar-refractivity contribution in [3.05, 3.63) is 59.1 Å². The van der Waals surface area contributed by atoms with Crippen molar-refractivity contribution >= 4 is 28.4 Å². The molecule has 28 heavy (non-hydrogen) atoms. The third-order valence-corrected chi connectivity index (χ3v) is 5.21. The Bertz CT molecular complexity index is 968. The number of amides is 1. The Hall–Kier alpha value is -2.57. The van der Waals surface area contributed by atoms with E-state index in [2.05, 4.69) is 4.98 Å². The zero-order valence-corrected chi connectivity index (χ0v) is 16.3. The van der Waals surface area contributed by atoms with Gasteiger partial charge in [-0.1, -0.05) is 11.6 Å². The average Bonchev–Trinajstić information content (AvgIpc) is 3.41. The molecule has 0 unspecified atom stereocenters. The number of aromatic nitrogens is 1. The largest absolute Gasteiger partial charge is 0.497 e. The van der Waals surface area contributed by atoms with Crippen molar-refractivity contribution in [1.29, 1.82) is 0 Å². The monoisotopic (exact) mass is 400 g/mol. The number of furan rings is 1. The molecule has 2 aromatic heterocycles. The van der Waals surface area contributed by atoms with Crippen LogP contribution in [0.5, 0.6) is 5.75 Å². The molecule has 3 heterocycles. The minimum atomic E-state index is -0.189. The third-order valence-electron chi connectivity index (χ3n) is 4.88. The van der Waals surface area contributed by atoms with Gasteiger partial charge >= 0.3 is 0 Å². The summed E-state index contributed by atoms with van der Waals surface area (Å²) in [5, 5.41) is 1.30. The van der Waals surface area contributed by atoms with E-state index in [0.717, 1.165) is 41.7 Å².